The first-order valence-electron chi connectivity index (χ1n) is 8.63. The van der Waals surface area contributed by atoms with Crippen molar-refractivity contribution in [3.8, 4) is 11.5 Å². The summed E-state index contributed by atoms with van der Waals surface area (Å²) >= 11 is 0. The molecule has 2 aliphatic carbocycles. The fraction of sp³-hybridized carbons (Fsp3) is 0.333. The molecule has 0 amide bonds. The summed E-state index contributed by atoms with van der Waals surface area (Å²) in [4.78, 5) is 4.31. The Morgan fingerprint density at radius 3 is 2.76 bits per heavy atom. The Labute approximate surface area is 145 Å². The van der Waals surface area contributed by atoms with E-state index in [1.54, 1.807) is 12.4 Å². The first-order chi connectivity index (χ1) is 12.3. The summed E-state index contributed by atoms with van der Waals surface area (Å²) in [7, 11) is 0. The molecule has 0 spiro atoms. The normalized spacial score (nSPS) is 16.6. The molecule has 0 aromatic carbocycles. The summed E-state index contributed by atoms with van der Waals surface area (Å²) in [5, 5.41) is 15.7. The van der Waals surface area contributed by atoms with Gasteiger partial charge in [-0.15, -0.1) is 5.10 Å². The molecular weight excluding hydrogens is 316 g/mol. The van der Waals surface area contributed by atoms with Crippen molar-refractivity contribution in [1.29, 1.82) is 0 Å². The fourth-order valence-corrected chi connectivity index (χ4v) is 2.80. The van der Waals surface area contributed by atoms with Crippen LogP contribution in [0.4, 0.5) is 11.6 Å². The largest absolute Gasteiger partial charge is 0.454 e. The first-order valence-corrected chi connectivity index (χ1v) is 8.63. The van der Waals surface area contributed by atoms with Gasteiger partial charge in [-0.05, 0) is 43.9 Å². The van der Waals surface area contributed by atoms with Crippen LogP contribution in [0.15, 0.2) is 42.9 Å². The molecule has 7 nitrogen and oxygen atoms in total. The molecule has 3 aromatic rings. The number of nitrogens with one attached hydrogen (secondary N) is 1. The summed E-state index contributed by atoms with van der Waals surface area (Å²) in [6.07, 6.45) is 10.2. The Morgan fingerprint density at radius 1 is 1.08 bits per heavy atom. The van der Waals surface area contributed by atoms with Gasteiger partial charge in [-0.2, -0.15) is 10.2 Å². The van der Waals surface area contributed by atoms with E-state index in [4.69, 9.17) is 9.84 Å². The Kier molecular flexibility index (Phi) is 3.36. The molecule has 2 saturated carbocycles. The number of aromatic nitrogens is 5. The van der Waals surface area contributed by atoms with Gasteiger partial charge in [-0.3, -0.25) is 4.68 Å². The highest BCUT2D eigenvalue weighted by atomic mass is 16.5. The van der Waals surface area contributed by atoms with Crippen molar-refractivity contribution in [3.63, 3.8) is 0 Å². The fourth-order valence-electron chi connectivity index (χ4n) is 2.80. The van der Waals surface area contributed by atoms with Gasteiger partial charge < -0.3 is 10.1 Å². The van der Waals surface area contributed by atoms with E-state index in [1.807, 2.05) is 30.5 Å². The summed E-state index contributed by atoms with van der Waals surface area (Å²) < 4.78 is 8.22. The zero-order chi connectivity index (χ0) is 16.6. The van der Waals surface area contributed by atoms with Crippen molar-refractivity contribution in [2.24, 2.45) is 0 Å². The van der Waals surface area contributed by atoms with Crippen LogP contribution in [0.1, 0.15) is 43.3 Å². The molecule has 3 aromatic heterocycles. The van der Waals surface area contributed by atoms with Crippen LogP contribution in [0.3, 0.4) is 0 Å². The van der Waals surface area contributed by atoms with E-state index in [9.17, 15) is 0 Å². The summed E-state index contributed by atoms with van der Waals surface area (Å²) in [5.74, 6) is 3.46. The molecule has 0 aliphatic heterocycles. The van der Waals surface area contributed by atoms with Crippen LogP contribution in [0.2, 0.25) is 0 Å². The molecule has 0 atom stereocenters. The van der Waals surface area contributed by atoms with Crippen LogP contribution in [0, 0.1) is 0 Å². The lowest BCUT2D eigenvalue weighted by molar-refractivity contribution is 0.475. The van der Waals surface area contributed by atoms with E-state index in [2.05, 4.69) is 25.2 Å². The zero-order valence-corrected chi connectivity index (χ0v) is 13.7. The van der Waals surface area contributed by atoms with E-state index in [0.29, 0.717) is 23.6 Å². The van der Waals surface area contributed by atoms with Gasteiger partial charge in [0.25, 0.3) is 0 Å². The number of hydrogen-bond acceptors (Lipinski definition) is 6. The third-order valence-corrected chi connectivity index (χ3v) is 4.40. The number of hydrogen-bond donors (Lipinski definition) is 1. The number of pyridine rings is 1. The van der Waals surface area contributed by atoms with Gasteiger partial charge in [-0.25, -0.2) is 4.98 Å². The molecule has 3 heterocycles. The molecule has 0 saturated heterocycles. The van der Waals surface area contributed by atoms with Crippen LogP contribution in [-0.4, -0.2) is 25.0 Å². The summed E-state index contributed by atoms with van der Waals surface area (Å²) in [5.41, 5.74) is 1.09. The predicted molar refractivity (Wildman–Crippen MR) is 92.1 cm³/mol. The standard InChI is InChI=1S/C18H18N6O/c1-2-16(22-20-8-1)21-17-10-14(7-9-19-17)25-15-11-24(13-5-6-13)23-18(15)12-3-4-12/h1-2,7-13H,3-6H2,(H,19,21,22). The van der Waals surface area contributed by atoms with Gasteiger partial charge >= 0.3 is 0 Å². The van der Waals surface area contributed by atoms with E-state index in [1.165, 1.54) is 25.7 Å². The second-order valence-corrected chi connectivity index (χ2v) is 6.58. The Hall–Kier alpha value is -2.96. The van der Waals surface area contributed by atoms with Crippen LogP contribution < -0.4 is 10.1 Å². The van der Waals surface area contributed by atoms with Gasteiger partial charge in [0.2, 0.25) is 0 Å². The molecule has 0 radical (unpaired) electrons. The smallest absolute Gasteiger partial charge is 0.168 e. The minimum atomic E-state index is 0.550. The average Bonchev–Trinajstić information content (AvgIpc) is 3.55. The van der Waals surface area contributed by atoms with Crippen molar-refractivity contribution in [3.05, 3.63) is 48.5 Å². The molecule has 25 heavy (non-hydrogen) atoms. The Balaban J connectivity index is 1.38. The van der Waals surface area contributed by atoms with Crippen LogP contribution in [-0.2, 0) is 0 Å². The van der Waals surface area contributed by atoms with Crippen molar-refractivity contribution >= 4 is 11.6 Å². The van der Waals surface area contributed by atoms with Crippen LogP contribution in [0.5, 0.6) is 11.5 Å². The maximum absolute atomic E-state index is 6.15. The van der Waals surface area contributed by atoms with Crippen LogP contribution in [0.25, 0.3) is 0 Å². The second kappa shape index (κ2) is 5.84. The number of ether oxygens (including phenoxy) is 1. The van der Waals surface area contributed by atoms with Crippen LogP contribution >= 0.6 is 0 Å². The minimum Gasteiger partial charge on any atom is -0.454 e. The molecular formula is C18H18N6O. The van der Waals surface area contributed by atoms with Gasteiger partial charge in [0.1, 0.15) is 17.3 Å². The molecule has 0 unspecified atom stereocenters. The maximum atomic E-state index is 6.15. The van der Waals surface area contributed by atoms with Gasteiger partial charge in [0.05, 0.1) is 12.2 Å². The lowest BCUT2D eigenvalue weighted by atomic mass is 10.3. The monoisotopic (exact) mass is 334 g/mol. The number of rotatable bonds is 6. The average molecular weight is 334 g/mol. The zero-order valence-electron chi connectivity index (χ0n) is 13.7. The maximum Gasteiger partial charge on any atom is 0.168 e. The van der Waals surface area contributed by atoms with Crippen molar-refractivity contribution in [2.75, 3.05) is 5.32 Å². The lowest BCUT2D eigenvalue weighted by Gasteiger charge is -2.08. The molecule has 126 valence electrons. The molecule has 7 heteroatoms. The topological polar surface area (TPSA) is 77.8 Å². The molecule has 2 aliphatic rings. The van der Waals surface area contributed by atoms with Crippen molar-refractivity contribution in [2.45, 2.75) is 37.6 Å². The number of anilines is 2. The predicted octanol–water partition coefficient (Wildman–Crippen LogP) is 3.82. The van der Waals surface area contributed by atoms with Crippen molar-refractivity contribution in [1.82, 2.24) is 25.0 Å². The third-order valence-electron chi connectivity index (χ3n) is 4.40. The number of nitrogens with zero attached hydrogens (tertiary/aromatic N) is 5. The molecule has 1 N–H and O–H groups in total. The Bertz CT molecular complexity index is 886. The quantitative estimate of drug-likeness (QED) is 0.738. The molecule has 2 fully saturated rings. The van der Waals surface area contributed by atoms with Gasteiger partial charge in [0.15, 0.2) is 11.6 Å². The highest BCUT2D eigenvalue weighted by molar-refractivity contribution is 5.53. The van der Waals surface area contributed by atoms with Gasteiger partial charge in [-0.1, -0.05) is 0 Å². The highest BCUT2D eigenvalue weighted by Gasteiger charge is 2.33. The van der Waals surface area contributed by atoms with E-state index in [0.717, 1.165) is 17.2 Å². The minimum absolute atomic E-state index is 0.550. The lowest BCUT2D eigenvalue weighted by Crippen LogP contribution is -1.97. The van der Waals surface area contributed by atoms with E-state index in [-0.39, 0.29) is 0 Å². The third kappa shape index (κ3) is 3.17. The highest BCUT2D eigenvalue weighted by Crippen LogP contribution is 2.46. The van der Waals surface area contributed by atoms with E-state index < -0.39 is 0 Å². The summed E-state index contributed by atoms with van der Waals surface area (Å²) in [6.45, 7) is 0. The van der Waals surface area contributed by atoms with E-state index >= 15 is 0 Å². The summed E-state index contributed by atoms with van der Waals surface area (Å²) in [6, 6.07) is 7.94. The molecule has 5 rings (SSSR count). The first kappa shape index (κ1) is 14.4. The van der Waals surface area contributed by atoms with Crippen molar-refractivity contribution < 1.29 is 4.74 Å². The van der Waals surface area contributed by atoms with Gasteiger partial charge in [0, 0.05) is 24.4 Å². The second-order valence-electron chi connectivity index (χ2n) is 6.58. The molecule has 0 bridgehead atoms. The Morgan fingerprint density at radius 2 is 2.00 bits per heavy atom. The SMILES string of the molecule is c1cnnc(Nc2cc(Oc3cn(C4CC4)nc3C3CC3)ccn2)c1.